The monoisotopic (exact) mass is 369 g/mol. The van der Waals surface area contributed by atoms with Gasteiger partial charge in [-0.3, -0.25) is 0 Å². The van der Waals surface area contributed by atoms with Crippen LogP contribution >= 0.6 is 23.4 Å². The van der Waals surface area contributed by atoms with E-state index in [4.69, 9.17) is 16.0 Å². The Balaban J connectivity index is 1.58. The molecule has 0 aliphatic carbocycles. The Hall–Kier alpha value is -2.24. The zero-order valence-corrected chi connectivity index (χ0v) is 15.4. The topological polar surface area (TPSA) is 43.9 Å². The smallest absolute Gasteiger partial charge is 0.200 e. The Labute approximate surface area is 154 Å². The van der Waals surface area contributed by atoms with Crippen molar-refractivity contribution in [1.82, 2.24) is 14.8 Å². The van der Waals surface area contributed by atoms with Crippen molar-refractivity contribution in [2.45, 2.75) is 17.8 Å². The summed E-state index contributed by atoms with van der Waals surface area (Å²) < 4.78 is 7.84. The van der Waals surface area contributed by atoms with Gasteiger partial charge in [-0.05, 0) is 36.8 Å². The summed E-state index contributed by atoms with van der Waals surface area (Å²) in [7, 11) is 1.95. The second kappa shape index (κ2) is 6.58. The van der Waals surface area contributed by atoms with Crippen LogP contribution in [0.1, 0.15) is 11.1 Å². The maximum absolute atomic E-state index is 6.04. The molecule has 2 aromatic carbocycles. The van der Waals surface area contributed by atoms with Crippen LogP contribution in [0.2, 0.25) is 5.02 Å². The van der Waals surface area contributed by atoms with Crippen LogP contribution in [0.15, 0.2) is 58.1 Å². The number of rotatable bonds is 4. The molecule has 4 aromatic rings. The van der Waals surface area contributed by atoms with E-state index >= 15 is 0 Å². The van der Waals surface area contributed by atoms with Crippen LogP contribution in [-0.4, -0.2) is 14.8 Å². The van der Waals surface area contributed by atoms with Gasteiger partial charge >= 0.3 is 0 Å². The fourth-order valence-electron chi connectivity index (χ4n) is 2.61. The van der Waals surface area contributed by atoms with Crippen LogP contribution in [-0.2, 0) is 12.8 Å². The number of fused-ring (bicyclic) bond motifs is 1. The van der Waals surface area contributed by atoms with E-state index in [2.05, 4.69) is 41.4 Å². The third-order valence-electron chi connectivity index (χ3n) is 4.02. The normalized spacial score (nSPS) is 11.3. The van der Waals surface area contributed by atoms with Gasteiger partial charge in [-0.1, -0.05) is 53.2 Å². The third-order valence-corrected chi connectivity index (χ3v) is 5.35. The molecule has 0 saturated carbocycles. The molecule has 0 bridgehead atoms. The van der Waals surface area contributed by atoms with Gasteiger partial charge in [-0.15, -0.1) is 10.2 Å². The molecule has 25 heavy (non-hydrogen) atoms. The van der Waals surface area contributed by atoms with Gasteiger partial charge in [0.1, 0.15) is 5.58 Å². The van der Waals surface area contributed by atoms with Gasteiger partial charge in [0.2, 0.25) is 0 Å². The molecule has 0 spiro atoms. The predicted octanol–water partition coefficient (Wildman–Crippen LogP) is 5.48. The highest BCUT2D eigenvalue weighted by atomic mass is 35.5. The van der Waals surface area contributed by atoms with Crippen LogP contribution < -0.4 is 0 Å². The van der Waals surface area contributed by atoms with E-state index in [0.29, 0.717) is 16.6 Å². The molecule has 0 aliphatic heterocycles. The molecule has 0 fully saturated rings. The lowest BCUT2D eigenvalue weighted by Crippen LogP contribution is -1.94. The van der Waals surface area contributed by atoms with Crippen LogP contribution in [0.4, 0.5) is 0 Å². The molecule has 2 heterocycles. The minimum absolute atomic E-state index is 0.687. The van der Waals surface area contributed by atoms with Crippen molar-refractivity contribution in [1.29, 1.82) is 0 Å². The number of halogens is 1. The maximum atomic E-state index is 6.04. The number of hydrogen-bond acceptors (Lipinski definition) is 4. The van der Waals surface area contributed by atoms with E-state index in [0.717, 1.165) is 21.9 Å². The molecule has 0 radical (unpaired) electrons. The molecule has 0 aliphatic rings. The van der Waals surface area contributed by atoms with E-state index in [1.165, 1.54) is 11.1 Å². The van der Waals surface area contributed by atoms with Gasteiger partial charge in [0.05, 0.1) is 0 Å². The van der Waals surface area contributed by atoms with Crippen molar-refractivity contribution in [3.05, 3.63) is 64.7 Å². The summed E-state index contributed by atoms with van der Waals surface area (Å²) in [4.78, 5) is 0. The lowest BCUT2D eigenvalue weighted by Gasteiger charge is -2.03. The molecule has 0 N–H and O–H groups in total. The molecule has 6 heteroatoms. The van der Waals surface area contributed by atoms with E-state index in [9.17, 15) is 0 Å². The van der Waals surface area contributed by atoms with Crippen LogP contribution in [0.3, 0.4) is 0 Å². The average molecular weight is 370 g/mol. The van der Waals surface area contributed by atoms with E-state index in [-0.39, 0.29) is 0 Å². The highest BCUT2D eigenvalue weighted by Crippen LogP contribution is 2.30. The lowest BCUT2D eigenvalue weighted by molar-refractivity contribution is 0.618. The molecule has 4 rings (SSSR count). The molecule has 0 saturated heterocycles. The van der Waals surface area contributed by atoms with Crippen molar-refractivity contribution < 1.29 is 4.42 Å². The first kappa shape index (κ1) is 16.2. The third kappa shape index (κ3) is 3.30. The van der Waals surface area contributed by atoms with Gasteiger partial charge in [-0.2, -0.15) is 0 Å². The zero-order chi connectivity index (χ0) is 17.4. The molecule has 2 aromatic heterocycles. The van der Waals surface area contributed by atoms with Crippen molar-refractivity contribution in [2.24, 2.45) is 7.05 Å². The van der Waals surface area contributed by atoms with Crippen LogP contribution in [0, 0.1) is 6.92 Å². The number of aromatic nitrogens is 3. The summed E-state index contributed by atoms with van der Waals surface area (Å²) in [6.45, 7) is 2.09. The van der Waals surface area contributed by atoms with Crippen molar-refractivity contribution in [3.63, 3.8) is 0 Å². The second-order valence-corrected chi connectivity index (χ2v) is 7.31. The van der Waals surface area contributed by atoms with Gasteiger partial charge in [0.25, 0.3) is 0 Å². The Morgan fingerprint density at radius 2 is 1.88 bits per heavy atom. The molecule has 0 amide bonds. The number of thioether (sulfide) groups is 1. The highest BCUT2D eigenvalue weighted by molar-refractivity contribution is 7.98. The maximum Gasteiger partial charge on any atom is 0.200 e. The highest BCUT2D eigenvalue weighted by Gasteiger charge is 2.15. The molecule has 0 unspecified atom stereocenters. The van der Waals surface area contributed by atoms with Gasteiger partial charge < -0.3 is 8.98 Å². The summed E-state index contributed by atoms with van der Waals surface area (Å²) in [5.41, 5.74) is 3.31. The molecular formula is C19H16ClN3OS. The largest absolute Gasteiger partial charge is 0.453 e. The molecule has 0 atom stereocenters. The Kier molecular flexibility index (Phi) is 4.27. The van der Waals surface area contributed by atoms with Crippen molar-refractivity contribution in [3.8, 4) is 11.6 Å². The summed E-state index contributed by atoms with van der Waals surface area (Å²) in [6, 6.07) is 16.0. The zero-order valence-electron chi connectivity index (χ0n) is 13.9. The Bertz CT molecular complexity index is 1040. The number of benzene rings is 2. The number of hydrogen-bond donors (Lipinski definition) is 0. The lowest BCUT2D eigenvalue weighted by atomic mass is 10.2. The summed E-state index contributed by atoms with van der Waals surface area (Å²) in [5, 5.41) is 11.1. The van der Waals surface area contributed by atoms with Gasteiger partial charge in [-0.25, -0.2) is 0 Å². The van der Waals surface area contributed by atoms with Gasteiger partial charge in [0, 0.05) is 23.2 Å². The second-order valence-electron chi connectivity index (χ2n) is 5.93. The minimum Gasteiger partial charge on any atom is -0.453 e. The average Bonchev–Trinajstić information content (AvgIpc) is 3.17. The quantitative estimate of drug-likeness (QED) is 0.446. The van der Waals surface area contributed by atoms with Crippen LogP contribution in [0.5, 0.6) is 0 Å². The van der Waals surface area contributed by atoms with Crippen LogP contribution in [0.25, 0.3) is 22.6 Å². The van der Waals surface area contributed by atoms with Crippen molar-refractivity contribution in [2.75, 3.05) is 0 Å². The Morgan fingerprint density at radius 1 is 1.08 bits per heavy atom. The standard InChI is InChI=1S/C19H16ClN3OS/c1-12-3-5-13(6-4-12)11-25-19-22-21-18(23(19)2)17-10-14-9-15(20)7-8-16(14)24-17/h3-10H,11H2,1-2H3. The first-order valence-corrected chi connectivity index (χ1v) is 9.24. The minimum atomic E-state index is 0.687. The fourth-order valence-corrected chi connectivity index (χ4v) is 3.66. The van der Waals surface area contributed by atoms with Gasteiger partial charge in [0.15, 0.2) is 16.7 Å². The van der Waals surface area contributed by atoms with E-state index < -0.39 is 0 Å². The van der Waals surface area contributed by atoms with Crippen molar-refractivity contribution >= 4 is 34.3 Å². The van der Waals surface area contributed by atoms with E-state index in [1.807, 2.05) is 35.9 Å². The first-order valence-electron chi connectivity index (χ1n) is 7.87. The first-order chi connectivity index (χ1) is 12.1. The summed E-state index contributed by atoms with van der Waals surface area (Å²) in [5.74, 6) is 2.25. The fraction of sp³-hybridized carbons (Fsp3) is 0.158. The molecular weight excluding hydrogens is 354 g/mol. The SMILES string of the molecule is Cc1ccc(CSc2nnc(-c3cc4cc(Cl)ccc4o3)n2C)cc1. The predicted molar refractivity (Wildman–Crippen MR) is 102 cm³/mol. The number of furan rings is 1. The summed E-state index contributed by atoms with van der Waals surface area (Å²) >= 11 is 7.70. The van der Waals surface area contributed by atoms with E-state index in [1.54, 1.807) is 11.8 Å². The molecule has 126 valence electrons. The Morgan fingerprint density at radius 3 is 2.68 bits per heavy atom. The number of nitrogens with zero attached hydrogens (tertiary/aromatic N) is 3. The summed E-state index contributed by atoms with van der Waals surface area (Å²) in [6.07, 6.45) is 0. The molecule has 4 nitrogen and oxygen atoms in total. The number of aryl methyl sites for hydroxylation is 1.